The summed E-state index contributed by atoms with van der Waals surface area (Å²) in [6.45, 7) is 2.00. The number of benzene rings is 2. The summed E-state index contributed by atoms with van der Waals surface area (Å²) in [5.41, 5.74) is 2.97. The molecule has 1 amide bonds. The fourth-order valence-electron chi connectivity index (χ4n) is 2.81. The summed E-state index contributed by atoms with van der Waals surface area (Å²) < 4.78 is 5.89. The number of carbonyl (C=O) groups is 2. The van der Waals surface area contributed by atoms with Crippen molar-refractivity contribution in [2.24, 2.45) is 0 Å². The fourth-order valence-corrected chi connectivity index (χ4v) is 3.78. The first kappa shape index (κ1) is 19.0. The topological polar surface area (TPSA) is 68.3 Å². The number of fused-ring (bicyclic) bond motifs is 1. The van der Waals surface area contributed by atoms with Crippen LogP contribution in [0.25, 0.3) is 10.2 Å². The van der Waals surface area contributed by atoms with Crippen molar-refractivity contribution in [3.8, 4) is 0 Å². The molecule has 0 spiro atoms. The maximum Gasteiger partial charge on any atom is 0.307 e. The summed E-state index contributed by atoms with van der Waals surface area (Å²) in [6.07, 6.45) is 1.000. The van der Waals surface area contributed by atoms with E-state index in [9.17, 15) is 9.59 Å². The number of carbonyl (C=O) groups excluding carboxylic acids is 2. The second-order valence-corrected chi connectivity index (χ2v) is 7.50. The molecule has 0 aliphatic rings. The summed E-state index contributed by atoms with van der Waals surface area (Å²) in [4.78, 5) is 28.8. The third kappa shape index (κ3) is 5.14. The van der Waals surface area contributed by atoms with Crippen molar-refractivity contribution in [3.63, 3.8) is 0 Å². The Hall–Kier alpha value is -2.73. The minimum Gasteiger partial charge on any atom is -0.469 e. The summed E-state index contributed by atoms with van der Waals surface area (Å²) in [6, 6.07) is 15.3. The van der Waals surface area contributed by atoms with Crippen LogP contribution in [0.1, 0.15) is 35.0 Å². The molecular weight excluding hydrogens is 360 g/mol. The van der Waals surface area contributed by atoms with Crippen molar-refractivity contribution in [1.82, 2.24) is 10.3 Å². The van der Waals surface area contributed by atoms with E-state index < -0.39 is 6.04 Å². The van der Waals surface area contributed by atoms with Crippen molar-refractivity contribution in [2.75, 3.05) is 7.11 Å². The van der Waals surface area contributed by atoms with E-state index >= 15 is 0 Å². The van der Waals surface area contributed by atoms with Crippen LogP contribution in [-0.4, -0.2) is 24.0 Å². The lowest BCUT2D eigenvalue weighted by molar-refractivity contribution is -0.141. The van der Waals surface area contributed by atoms with Crippen LogP contribution in [0, 0.1) is 6.92 Å². The minimum absolute atomic E-state index is 0.104. The SMILES string of the molecule is COC(=O)C[C@H](NC(=O)CCc1nc2ccccc2s1)c1ccc(C)cc1. The van der Waals surface area contributed by atoms with E-state index in [1.54, 1.807) is 11.3 Å². The number of ether oxygens (including phenoxy) is 1. The summed E-state index contributed by atoms with van der Waals surface area (Å²) in [5, 5.41) is 3.90. The molecule has 27 heavy (non-hydrogen) atoms. The molecule has 3 rings (SSSR count). The van der Waals surface area contributed by atoms with Crippen molar-refractivity contribution in [1.29, 1.82) is 0 Å². The number of aromatic nitrogens is 1. The van der Waals surface area contributed by atoms with Gasteiger partial charge in [0.05, 0.1) is 34.8 Å². The molecule has 0 bridgehead atoms. The quantitative estimate of drug-likeness (QED) is 0.628. The van der Waals surface area contributed by atoms with Crippen LogP contribution in [-0.2, 0) is 20.7 Å². The van der Waals surface area contributed by atoms with Crippen molar-refractivity contribution >= 4 is 33.4 Å². The molecule has 0 fully saturated rings. The number of aryl methyl sites for hydroxylation is 2. The van der Waals surface area contributed by atoms with Gasteiger partial charge in [0.15, 0.2) is 0 Å². The number of para-hydroxylation sites is 1. The monoisotopic (exact) mass is 382 g/mol. The minimum atomic E-state index is -0.402. The molecule has 1 aromatic heterocycles. The lowest BCUT2D eigenvalue weighted by Gasteiger charge is -2.18. The Balaban J connectivity index is 1.64. The highest BCUT2D eigenvalue weighted by atomic mass is 32.1. The van der Waals surface area contributed by atoms with E-state index in [1.807, 2.05) is 55.5 Å². The van der Waals surface area contributed by atoms with Gasteiger partial charge in [0.25, 0.3) is 0 Å². The molecule has 1 atom stereocenters. The van der Waals surface area contributed by atoms with Gasteiger partial charge in [0.2, 0.25) is 5.91 Å². The molecule has 1 heterocycles. The highest BCUT2D eigenvalue weighted by Gasteiger charge is 2.19. The number of hydrogen-bond donors (Lipinski definition) is 1. The van der Waals surface area contributed by atoms with E-state index in [1.165, 1.54) is 7.11 Å². The van der Waals surface area contributed by atoms with Crippen molar-refractivity contribution in [2.45, 2.75) is 32.2 Å². The Bertz CT molecular complexity index is 901. The largest absolute Gasteiger partial charge is 0.469 e. The third-order valence-corrected chi connectivity index (χ3v) is 5.41. The predicted octanol–water partition coefficient (Wildman–Crippen LogP) is 3.96. The fraction of sp³-hybridized carbons (Fsp3) is 0.286. The number of thiazole rings is 1. The number of rotatable bonds is 7. The summed E-state index contributed by atoms with van der Waals surface area (Å²) >= 11 is 1.61. The van der Waals surface area contributed by atoms with Gasteiger partial charge in [0, 0.05) is 12.8 Å². The van der Waals surface area contributed by atoms with Gasteiger partial charge in [-0.1, -0.05) is 42.0 Å². The number of amides is 1. The molecule has 1 N–H and O–H groups in total. The molecule has 3 aromatic rings. The number of hydrogen-bond acceptors (Lipinski definition) is 5. The average Bonchev–Trinajstić information content (AvgIpc) is 3.09. The molecule has 140 valence electrons. The van der Waals surface area contributed by atoms with Gasteiger partial charge in [0.1, 0.15) is 0 Å². The molecule has 6 heteroatoms. The third-order valence-electron chi connectivity index (χ3n) is 4.32. The molecule has 2 aromatic carbocycles. The van der Waals surface area contributed by atoms with E-state index in [2.05, 4.69) is 10.3 Å². The van der Waals surface area contributed by atoms with Gasteiger partial charge in [-0.15, -0.1) is 11.3 Å². The molecule has 5 nitrogen and oxygen atoms in total. The van der Waals surface area contributed by atoms with Gasteiger partial charge in [-0.2, -0.15) is 0 Å². The second kappa shape index (κ2) is 8.77. The van der Waals surface area contributed by atoms with Gasteiger partial charge < -0.3 is 10.1 Å². The van der Waals surface area contributed by atoms with Crippen LogP contribution in [0.2, 0.25) is 0 Å². The lowest BCUT2D eigenvalue weighted by atomic mass is 10.0. The molecule has 0 saturated heterocycles. The van der Waals surface area contributed by atoms with E-state index in [4.69, 9.17) is 4.74 Å². The Morgan fingerprint density at radius 3 is 2.59 bits per heavy atom. The highest BCUT2D eigenvalue weighted by Crippen LogP contribution is 2.23. The van der Waals surface area contributed by atoms with Gasteiger partial charge in [-0.25, -0.2) is 4.98 Å². The molecule has 0 radical (unpaired) electrons. The summed E-state index contributed by atoms with van der Waals surface area (Å²) in [7, 11) is 1.35. The maximum atomic E-state index is 12.5. The highest BCUT2D eigenvalue weighted by molar-refractivity contribution is 7.18. The van der Waals surface area contributed by atoms with Crippen LogP contribution in [0.15, 0.2) is 48.5 Å². The van der Waals surface area contributed by atoms with Crippen molar-refractivity contribution < 1.29 is 14.3 Å². The molecule has 0 aliphatic carbocycles. The first-order chi connectivity index (χ1) is 13.0. The Kier molecular flexibility index (Phi) is 6.19. The first-order valence-corrected chi connectivity index (χ1v) is 9.64. The lowest BCUT2D eigenvalue weighted by Crippen LogP contribution is -2.30. The van der Waals surface area contributed by atoms with E-state index in [0.29, 0.717) is 12.8 Å². The smallest absolute Gasteiger partial charge is 0.307 e. The average molecular weight is 382 g/mol. The van der Waals surface area contributed by atoms with E-state index in [-0.39, 0.29) is 18.3 Å². The van der Waals surface area contributed by atoms with Crippen LogP contribution >= 0.6 is 11.3 Å². The maximum absolute atomic E-state index is 12.5. The van der Waals surface area contributed by atoms with Gasteiger partial charge in [-0.3, -0.25) is 9.59 Å². The number of nitrogens with one attached hydrogen (secondary N) is 1. The molecule has 0 unspecified atom stereocenters. The standard InChI is InChI=1S/C21H22N2O3S/c1-14-7-9-15(10-8-14)17(13-21(25)26-2)22-19(24)11-12-20-23-16-5-3-4-6-18(16)27-20/h3-10,17H,11-13H2,1-2H3,(H,22,24)/t17-/m0/s1. The predicted molar refractivity (Wildman–Crippen MR) is 107 cm³/mol. The molecule has 0 saturated carbocycles. The Morgan fingerprint density at radius 1 is 1.15 bits per heavy atom. The first-order valence-electron chi connectivity index (χ1n) is 8.82. The normalized spacial score (nSPS) is 11.9. The molecule has 0 aliphatic heterocycles. The van der Waals surface area contributed by atoms with Crippen molar-refractivity contribution in [3.05, 3.63) is 64.7 Å². The van der Waals surface area contributed by atoms with Gasteiger partial charge in [-0.05, 0) is 24.6 Å². The Labute approximate surface area is 162 Å². The number of esters is 1. The number of nitrogens with zero attached hydrogens (tertiary/aromatic N) is 1. The van der Waals surface area contributed by atoms with Crippen LogP contribution in [0.3, 0.4) is 0 Å². The summed E-state index contributed by atoms with van der Waals surface area (Å²) in [5.74, 6) is -0.462. The Morgan fingerprint density at radius 2 is 1.89 bits per heavy atom. The van der Waals surface area contributed by atoms with Gasteiger partial charge >= 0.3 is 5.97 Å². The zero-order valence-electron chi connectivity index (χ0n) is 15.4. The van der Waals surface area contributed by atoms with Crippen LogP contribution < -0.4 is 5.32 Å². The van der Waals surface area contributed by atoms with Crippen LogP contribution in [0.5, 0.6) is 0 Å². The zero-order chi connectivity index (χ0) is 19.2. The number of methoxy groups -OCH3 is 1. The van der Waals surface area contributed by atoms with E-state index in [0.717, 1.165) is 26.4 Å². The second-order valence-electron chi connectivity index (χ2n) is 6.39. The molecular formula is C21H22N2O3S. The zero-order valence-corrected chi connectivity index (χ0v) is 16.2. The van der Waals surface area contributed by atoms with Crippen LogP contribution in [0.4, 0.5) is 0 Å².